The van der Waals surface area contributed by atoms with E-state index in [1.165, 1.54) is 12.1 Å². The maximum absolute atomic E-state index is 14.8. The van der Waals surface area contributed by atoms with Crippen molar-refractivity contribution in [1.82, 2.24) is 15.1 Å². The number of hydrogen-bond donors (Lipinski definition) is 1. The first-order valence-corrected chi connectivity index (χ1v) is 11.6. The molecule has 1 aliphatic carbocycles. The Morgan fingerprint density at radius 2 is 1.76 bits per heavy atom. The van der Waals surface area contributed by atoms with Gasteiger partial charge in [-0.15, -0.1) is 0 Å². The number of carbonyl (C=O) groups is 1. The van der Waals surface area contributed by atoms with Crippen LogP contribution in [0.25, 0.3) is 11.1 Å². The number of aromatic nitrogens is 3. The van der Waals surface area contributed by atoms with Gasteiger partial charge in [0, 0.05) is 30.4 Å². The number of nitriles is 1. The summed E-state index contributed by atoms with van der Waals surface area (Å²) in [5.74, 6) is -1.22. The van der Waals surface area contributed by atoms with Gasteiger partial charge in [-0.2, -0.15) is 18.4 Å². The van der Waals surface area contributed by atoms with Gasteiger partial charge in [0.05, 0.1) is 18.1 Å². The van der Waals surface area contributed by atoms with E-state index < -0.39 is 23.3 Å². The van der Waals surface area contributed by atoms with Crippen LogP contribution in [0.5, 0.6) is 0 Å². The Kier molecular flexibility index (Phi) is 6.40. The average Bonchev–Trinajstić information content (AvgIpc) is 3.60. The van der Waals surface area contributed by atoms with E-state index in [-0.39, 0.29) is 36.4 Å². The molecule has 1 fully saturated rings. The molecule has 192 valence electrons. The molecular weight excluding hydrogens is 502 g/mol. The molecule has 38 heavy (non-hydrogen) atoms. The van der Waals surface area contributed by atoms with E-state index in [9.17, 15) is 22.4 Å². The molecule has 11 heteroatoms. The van der Waals surface area contributed by atoms with Crippen LogP contribution in [-0.4, -0.2) is 27.2 Å². The third-order valence-corrected chi connectivity index (χ3v) is 6.43. The zero-order valence-electron chi connectivity index (χ0n) is 19.7. The zero-order valence-corrected chi connectivity index (χ0v) is 19.7. The number of hydrogen-bond acceptors (Lipinski definition) is 6. The summed E-state index contributed by atoms with van der Waals surface area (Å²) < 4.78 is 59.3. The van der Waals surface area contributed by atoms with Crippen LogP contribution in [-0.2, 0) is 23.1 Å². The molecule has 2 heterocycles. The molecule has 0 spiro atoms. The van der Waals surface area contributed by atoms with Crippen molar-refractivity contribution >= 4 is 11.7 Å². The minimum atomic E-state index is -4.46. The second-order valence-electron chi connectivity index (χ2n) is 9.06. The van der Waals surface area contributed by atoms with Crippen molar-refractivity contribution in [3.8, 4) is 17.2 Å². The predicted molar refractivity (Wildman–Crippen MR) is 127 cm³/mol. The van der Waals surface area contributed by atoms with Crippen molar-refractivity contribution in [1.29, 1.82) is 5.26 Å². The number of alkyl halides is 3. The smallest absolute Gasteiger partial charge is 0.358 e. The minimum Gasteiger partial charge on any atom is -0.358 e. The van der Waals surface area contributed by atoms with Crippen molar-refractivity contribution in [2.24, 2.45) is 0 Å². The van der Waals surface area contributed by atoms with Crippen LogP contribution < -0.4 is 5.32 Å². The maximum atomic E-state index is 14.8. The maximum Gasteiger partial charge on any atom is 0.401 e. The first-order valence-electron chi connectivity index (χ1n) is 11.6. The number of anilines is 1. The summed E-state index contributed by atoms with van der Waals surface area (Å²) in [4.78, 5) is 21.0. The van der Waals surface area contributed by atoms with E-state index in [0.717, 1.165) is 11.6 Å². The molecule has 1 aliphatic rings. The van der Waals surface area contributed by atoms with Gasteiger partial charge in [0.1, 0.15) is 17.1 Å². The summed E-state index contributed by atoms with van der Waals surface area (Å²) in [6, 6.07) is 14.5. The molecular formula is C27H19F4N5O2. The van der Waals surface area contributed by atoms with E-state index in [2.05, 4.69) is 26.5 Å². The lowest BCUT2D eigenvalue weighted by Gasteiger charge is -2.14. The Hall–Kier alpha value is -4.59. The average molecular weight is 521 g/mol. The fourth-order valence-corrected chi connectivity index (χ4v) is 4.06. The highest BCUT2D eigenvalue weighted by atomic mass is 19.4. The summed E-state index contributed by atoms with van der Waals surface area (Å²) >= 11 is 0. The number of nitrogens with one attached hydrogen (secondary N) is 1. The Bertz CT molecular complexity index is 1520. The molecule has 0 saturated heterocycles. The van der Waals surface area contributed by atoms with Gasteiger partial charge in [-0.05, 0) is 47.7 Å². The molecule has 1 N–H and O–H groups in total. The molecule has 0 aliphatic heterocycles. The van der Waals surface area contributed by atoms with Crippen molar-refractivity contribution < 1.29 is 26.9 Å². The van der Waals surface area contributed by atoms with E-state index in [1.807, 2.05) is 12.1 Å². The number of carbonyl (C=O) groups excluding carboxylic acids is 1. The second-order valence-corrected chi connectivity index (χ2v) is 9.06. The Balaban J connectivity index is 1.21. The predicted octanol–water partition coefficient (Wildman–Crippen LogP) is 5.51. The number of halogens is 4. The van der Waals surface area contributed by atoms with Crippen molar-refractivity contribution in [3.63, 3.8) is 0 Å². The van der Waals surface area contributed by atoms with Gasteiger partial charge in [0.25, 0.3) is 0 Å². The topological polar surface area (TPSA) is 105 Å². The van der Waals surface area contributed by atoms with Crippen molar-refractivity contribution in [2.45, 2.75) is 37.3 Å². The number of amides is 1. The van der Waals surface area contributed by atoms with Crippen LogP contribution in [0.2, 0.25) is 0 Å². The quantitative estimate of drug-likeness (QED) is 0.322. The SMILES string of the molecule is N#Cc1ccc(Cc2ncc(-c3ccc(CC(=O)Nc4cc(C5(C(F)(F)F)CC5)on4)c(F)c3)cn2)cc1. The van der Waals surface area contributed by atoms with Gasteiger partial charge >= 0.3 is 6.18 Å². The summed E-state index contributed by atoms with van der Waals surface area (Å²) in [7, 11) is 0. The molecule has 0 radical (unpaired) electrons. The summed E-state index contributed by atoms with van der Waals surface area (Å²) in [6.45, 7) is 0. The van der Waals surface area contributed by atoms with Crippen molar-refractivity contribution in [2.75, 3.05) is 5.32 Å². The molecule has 0 atom stereocenters. The molecule has 2 aromatic carbocycles. The van der Waals surface area contributed by atoms with E-state index in [4.69, 9.17) is 9.78 Å². The first-order chi connectivity index (χ1) is 18.2. The third kappa shape index (κ3) is 5.11. The molecule has 1 saturated carbocycles. The Morgan fingerprint density at radius 1 is 1.05 bits per heavy atom. The fourth-order valence-electron chi connectivity index (χ4n) is 4.06. The van der Waals surface area contributed by atoms with Crippen LogP contribution in [0.3, 0.4) is 0 Å². The number of rotatable bonds is 7. The molecule has 4 aromatic rings. The summed E-state index contributed by atoms with van der Waals surface area (Å²) in [5, 5.41) is 14.7. The van der Waals surface area contributed by atoms with Gasteiger partial charge in [-0.3, -0.25) is 4.79 Å². The molecule has 2 aromatic heterocycles. The van der Waals surface area contributed by atoms with Crippen molar-refractivity contribution in [3.05, 3.63) is 95.0 Å². The molecule has 7 nitrogen and oxygen atoms in total. The zero-order chi connectivity index (χ0) is 26.9. The normalized spacial score (nSPS) is 14.1. The van der Waals surface area contributed by atoms with Gasteiger partial charge in [0.2, 0.25) is 5.91 Å². The van der Waals surface area contributed by atoms with Crippen LogP contribution >= 0.6 is 0 Å². The highest BCUT2D eigenvalue weighted by Gasteiger charge is 2.66. The van der Waals surface area contributed by atoms with Gasteiger partial charge in [0.15, 0.2) is 11.6 Å². The lowest BCUT2D eigenvalue weighted by molar-refractivity contribution is -0.165. The summed E-state index contributed by atoms with van der Waals surface area (Å²) in [6.07, 6.45) is -1.39. The third-order valence-electron chi connectivity index (χ3n) is 6.43. The lowest BCUT2D eigenvalue weighted by Crippen LogP contribution is -2.28. The second kappa shape index (κ2) is 9.70. The summed E-state index contributed by atoms with van der Waals surface area (Å²) in [5.41, 5.74) is 0.655. The number of benzene rings is 2. The van der Waals surface area contributed by atoms with E-state index >= 15 is 0 Å². The van der Waals surface area contributed by atoms with E-state index in [1.54, 1.807) is 30.6 Å². The highest BCUT2D eigenvalue weighted by molar-refractivity contribution is 5.91. The minimum absolute atomic E-state index is 0.0957. The standard InChI is InChI=1S/C27H19F4N5O2/c28-21-10-18(20-14-33-23(34-15-20)9-16-1-3-17(13-32)4-2-16)5-6-19(21)11-25(37)35-24-12-22(38-36-24)26(7-8-26)27(29,30)31/h1-6,10,12,14-15H,7-9,11H2,(H,35,36,37). The van der Waals surface area contributed by atoms with Gasteiger partial charge in [-0.1, -0.05) is 29.4 Å². The largest absolute Gasteiger partial charge is 0.401 e. The van der Waals surface area contributed by atoms with Crippen LogP contribution in [0.4, 0.5) is 23.4 Å². The Morgan fingerprint density at radius 3 is 2.37 bits per heavy atom. The van der Waals surface area contributed by atoms with Gasteiger partial charge in [-0.25, -0.2) is 14.4 Å². The van der Waals surface area contributed by atoms with Gasteiger partial charge < -0.3 is 9.84 Å². The van der Waals surface area contributed by atoms with Crippen LogP contribution in [0, 0.1) is 17.1 Å². The van der Waals surface area contributed by atoms with Crippen LogP contribution in [0.15, 0.2) is 65.4 Å². The highest BCUT2D eigenvalue weighted by Crippen LogP contribution is 2.59. The van der Waals surface area contributed by atoms with E-state index in [0.29, 0.717) is 28.9 Å². The monoisotopic (exact) mass is 521 g/mol. The first kappa shape index (κ1) is 25.1. The molecule has 1 amide bonds. The molecule has 0 unspecified atom stereocenters. The molecule has 0 bridgehead atoms. The molecule has 5 rings (SSSR count). The number of nitrogens with zero attached hydrogens (tertiary/aromatic N) is 4. The fraction of sp³-hybridized carbons (Fsp3) is 0.222. The lowest BCUT2D eigenvalue weighted by atomic mass is 10.0. The van der Waals surface area contributed by atoms with Crippen LogP contribution in [0.1, 0.15) is 41.1 Å². The Labute approximate surface area is 214 Å².